The molecule has 27 heavy (non-hydrogen) atoms. The lowest BCUT2D eigenvalue weighted by molar-refractivity contribution is 0.102. The van der Waals surface area contributed by atoms with Gasteiger partial charge in [-0.15, -0.1) is 0 Å². The molecule has 1 fully saturated rings. The lowest BCUT2D eigenvalue weighted by Crippen LogP contribution is -2.35. The summed E-state index contributed by atoms with van der Waals surface area (Å²) >= 11 is 0. The minimum atomic E-state index is -0.256. The molecule has 2 N–H and O–H groups in total. The summed E-state index contributed by atoms with van der Waals surface area (Å²) in [6.07, 6.45) is 5.19. The number of amides is 3. The Kier molecular flexibility index (Phi) is 6.20. The zero-order valence-corrected chi connectivity index (χ0v) is 15.1. The normalized spacial score (nSPS) is 14.1. The van der Waals surface area contributed by atoms with Gasteiger partial charge in [-0.05, 0) is 49.2 Å². The fourth-order valence-corrected chi connectivity index (χ4v) is 3.03. The van der Waals surface area contributed by atoms with Crippen LogP contribution in [0.15, 0.2) is 48.5 Å². The predicted molar refractivity (Wildman–Crippen MR) is 105 cm³/mol. The van der Waals surface area contributed by atoms with Crippen LogP contribution >= 0.6 is 0 Å². The Balaban J connectivity index is 1.56. The highest BCUT2D eigenvalue weighted by Crippen LogP contribution is 2.17. The maximum absolute atomic E-state index is 12.3. The van der Waals surface area contributed by atoms with Gasteiger partial charge >= 0.3 is 6.03 Å². The van der Waals surface area contributed by atoms with E-state index in [0.717, 1.165) is 32.2 Å². The van der Waals surface area contributed by atoms with Gasteiger partial charge in [0.2, 0.25) is 0 Å². The first-order valence-electron chi connectivity index (χ1n) is 9.18. The van der Waals surface area contributed by atoms with Crippen LogP contribution in [0.4, 0.5) is 16.2 Å². The number of nitrogens with one attached hydrogen (secondary N) is 2. The summed E-state index contributed by atoms with van der Waals surface area (Å²) in [6.45, 7) is 1.59. The zero-order valence-electron chi connectivity index (χ0n) is 15.1. The molecule has 0 aliphatic carbocycles. The van der Waals surface area contributed by atoms with Crippen LogP contribution in [-0.2, 0) is 0 Å². The number of hydrogen-bond donors (Lipinski definition) is 2. The van der Waals surface area contributed by atoms with Crippen LogP contribution in [0.1, 0.15) is 46.4 Å². The monoisotopic (exact) mass is 365 g/mol. The van der Waals surface area contributed by atoms with Crippen LogP contribution in [0.25, 0.3) is 0 Å². The van der Waals surface area contributed by atoms with Gasteiger partial charge in [0.15, 0.2) is 0 Å². The second-order valence-corrected chi connectivity index (χ2v) is 6.60. The standard InChI is InChI=1S/C21H23N3O3/c25-15-16-5-7-17(8-6-16)20(26)22-18-9-11-19(12-10-18)23-21(27)24-13-3-1-2-4-14-24/h5-12,15H,1-4,13-14H2,(H,22,26)(H,23,27). The Bertz CT molecular complexity index is 792. The Morgan fingerprint density at radius 3 is 1.89 bits per heavy atom. The minimum Gasteiger partial charge on any atom is -0.325 e. The summed E-state index contributed by atoms with van der Waals surface area (Å²) in [6, 6.07) is 13.4. The zero-order chi connectivity index (χ0) is 19.1. The molecule has 1 heterocycles. The van der Waals surface area contributed by atoms with Crippen molar-refractivity contribution in [2.24, 2.45) is 0 Å². The third-order valence-corrected chi connectivity index (χ3v) is 4.60. The summed E-state index contributed by atoms with van der Waals surface area (Å²) < 4.78 is 0. The molecule has 0 saturated carbocycles. The summed E-state index contributed by atoms with van der Waals surface area (Å²) in [5.41, 5.74) is 2.32. The first-order chi connectivity index (χ1) is 13.2. The first kappa shape index (κ1) is 18.6. The quantitative estimate of drug-likeness (QED) is 0.799. The van der Waals surface area contributed by atoms with Crippen molar-refractivity contribution >= 4 is 29.6 Å². The van der Waals surface area contributed by atoms with Crippen molar-refractivity contribution in [3.8, 4) is 0 Å². The molecule has 0 unspecified atom stereocenters. The van der Waals surface area contributed by atoms with Crippen LogP contribution in [0, 0.1) is 0 Å². The average Bonchev–Trinajstić information content (AvgIpc) is 2.99. The first-order valence-corrected chi connectivity index (χ1v) is 9.18. The van der Waals surface area contributed by atoms with Gasteiger partial charge in [0.25, 0.3) is 5.91 Å². The highest BCUT2D eigenvalue weighted by Gasteiger charge is 2.15. The fraction of sp³-hybridized carbons (Fsp3) is 0.286. The van der Waals surface area contributed by atoms with Crippen molar-refractivity contribution in [3.63, 3.8) is 0 Å². The number of aldehydes is 1. The number of urea groups is 1. The number of likely N-dealkylation sites (tertiary alicyclic amines) is 1. The molecule has 1 aliphatic rings. The van der Waals surface area contributed by atoms with Crippen molar-refractivity contribution in [2.75, 3.05) is 23.7 Å². The maximum atomic E-state index is 12.3. The third kappa shape index (κ3) is 5.17. The van der Waals surface area contributed by atoms with Crippen molar-refractivity contribution < 1.29 is 14.4 Å². The van der Waals surface area contributed by atoms with E-state index >= 15 is 0 Å². The average molecular weight is 365 g/mol. The smallest absolute Gasteiger partial charge is 0.321 e. The van der Waals surface area contributed by atoms with Gasteiger partial charge in [-0.2, -0.15) is 0 Å². The van der Waals surface area contributed by atoms with Gasteiger partial charge in [0.05, 0.1) is 0 Å². The molecule has 0 spiro atoms. The molecule has 0 aromatic heterocycles. The van der Waals surface area contributed by atoms with E-state index < -0.39 is 0 Å². The largest absolute Gasteiger partial charge is 0.325 e. The topological polar surface area (TPSA) is 78.5 Å². The summed E-state index contributed by atoms with van der Waals surface area (Å²) in [5, 5.41) is 5.70. The van der Waals surface area contributed by atoms with Gasteiger partial charge in [0.1, 0.15) is 6.29 Å². The Morgan fingerprint density at radius 2 is 1.33 bits per heavy atom. The van der Waals surface area contributed by atoms with E-state index in [1.807, 2.05) is 4.90 Å². The fourth-order valence-electron chi connectivity index (χ4n) is 3.03. The van der Waals surface area contributed by atoms with E-state index in [4.69, 9.17) is 0 Å². The lowest BCUT2D eigenvalue weighted by atomic mass is 10.1. The van der Waals surface area contributed by atoms with E-state index in [-0.39, 0.29) is 11.9 Å². The number of anilines is 2. The van der Waals surface area contributed by atoms with Crippen LogP contribution < -0.4 is 10.6 Å². The Morgan fingerprint density at radius 1 is 0.778 bits per heavy atom. The maximum Gasteiger partial charge on any atom is 0.321 e. The molecule has 1 saturated heterocycles. The molecule has 3 amide bonds. The molecule has 3 rings (SSSR count). The molecule has 140 valence electrons. The Labute approximate surface area is 158 Å². The van der Waals surface area contributed by atoms with Crippen LogP contribution in [-0.4, -0.2) is 36.2 Å². The van der Waals surface area contributed by atoms with Crippen LogP contribution in [0.3, 0.4) is 0 Å². The van der Waals surface area contributed by atoms with Gasteiger partial charge in [-0.25, -0.2) is 4.79 Å². The summed E-state index contributed by atoms with van der Waals surface area (Å²) in [4.78, 5) is 37.1. The van der Waals surface area contributed by atoms with Crippen LogP contribution in [0.2, 0.25) is 0 Å². The van der Waals surface area contributed by atoms with Crippen molar-refractivity contribution in [3.05, 3.63) is 59.7 Å². The lowest BCUT2D eigenvalue weighted by Gasteiger charge is -2.20. The van der Waals surface area contributed by atoms with Crippen LogP contribution in [0.5, 0.6) is 0 Å². The number of carbonyl (C=O) groups excluding carboxylic acids is 3. The predicted octanol–water partition coefficient (Wildman–Crippen LogP) is 4.16. The molecule has 6 nitrogen and oxygen atoms in total. The molecular weight excluding hydrogens is 342 g/mol. The molecule has 2 aromatic carbocycles. The molecule has 0 atom stereocenters. The number of rotatable bonds is 4. The van der Waals surface area contributed by atoms with E-state index in [9.17, 15) is 14.4 Å². The number of nitrogens with zero attached hydrogens (tertiary/aromatic N) is 1. The minimum absolute atomic E-state index is 0.0797. The van der Waals surface area contributed by atoms with E-state index in [0.29, 0.717) is 22.5 Å². The molecular formula is C21H23N3O3. The molecule has 0 bridgehead atoms. The van der Waals surface area contributed by atoms with Gasteiger partial charge in [-0.3, -0.25) is 9.59 Å². The molecule has 0 radical (unpaired) electrons. The number of hydrogen-bond acceptors (Lipinski definition) is 3. The van der Waals surface area contributed by atoms with E-state index in [1.54, 1.807) is 48.5 Å². The van der Waals surface area contributed by atoms with Crippen molar-refractivity contribution in [1.29, 1.82) is 0 Å². The SMILES string of the molecule is O=Cc1ccc(C(=O)Nc2ccc(NC(=O)N3CCCCCC3)cc2)cc1. The second kappa shape index (κ2) is 8.98. The molecule has 6 heteroatoms. The Hall–Kier alpha value is -3.15. The van der Waals surface area contributed by atoms with Gasteiger partial charge in [-0.1, -0.05) is 25.0 Å². The molecule has 1 aliphatic heterocycles. The van der Waals surface area contributed by atoms with E-state index in [2.05, 4.69) is 10.6 Å². The van der Waals surface area contributed by atoms with Gasteiger partial charge < -0.3 is 15.5 Å². The number of benzene rings is 2. The van der Waals surface area contributed by atoms with Gasteiger partial charge in [0, 0.05) is 35.6 Å². The van der Waals surface area contributed by atoms with Crippen molar-refractivity contribution in [2.45, 2.75) is 25.7 Å². The third-order valence-electron chi connectivity index (χ3n) is 4.60. The second-order valence-electron chi connectivity index (χ2n) is 6.60. The summed E-state index contributed by atoms with van der Waals surface area (Å²) in [7, 11) is 0. The number of carbonyl (C=O) groups is 3. The summed E-state index contributed by atoms with van der Waals surface area (Å²) in [5.74, 6) is -0.256. The highest BCUT2D eigenvalue weighted by atomic mass is 16.2. The van der Waals surface area contributed by atoms with Crippen molar-refractivity contribution in [1.82, 2.24) is 4.90 Å². The van der Waals surface area contributed by atoms with E-state index in [1.165, 1.54) is 12.8 Å². The molecule has 2 aromatic rings. The highest BCUT2D eigenvalue weighted by molar-refractivity contribution is 6.04.